The van der Waals surface area contributed by atoms with Gasteiger partial charge in [-0.25, -0.2) is 23.3 Å². The molecule has 0 radical (unpaired) electrons. The first-order valence-electron chi connectivity index (χ1n) is 11.5. The van der Waals surface area contributed by atoms with Gasteiger partial charge in [-0.3, -0.25) is 4.79 Å². The Hall–Kier alpha value is -3.34. The molecule has 2 fully saturated rings. The summed E-state index contributed by atoms with van der Waals surface area (Å²) >= 11 is 0. The lowest BCUT2D eigenvalue weighted by molar-refractivity contribution is 0.0996. The molecule has 0 spiro atoms. The maximum atomic E-state index is 14.5. The number of nitrogens with zero attached hydrogens (tertiary/aromatic N) is 4. The fourth-order valence-corrected chi connectivity index (χ4v) is 4.00. The van der Waals surface area contributed by atoms with Crippen LogP contribution in [0.15, 0.2) is 18.2 Å². The number of hydrogen-bond acceptors (Lipinski definition) is 7. The number of rotatable bonds is 6. The van der Waals surface area contributed by atoms with Crippen LogP contribution in [0.5, 0.6) is 5.75 Å². The Morgan fingerprint density at radius 1 is 1.26 bits per heavy atom. The van der Waals surface area contributed by atoms with Gasteiger partial charge in [-0.05, 0) is 37.9 Å². The molecule has 2 aliphatic rings. The van der Waals surface area contributed by atoms with Crippen molar-refractivity contribution in [3.8, 4) is 17.1 Å². The first kappa shape index (κ1) is 23.8. The minimum absolute atomic E-state index is 0.0414. The number of amides is 1. The van der Waals surface area contributed by atoms with Crippen molar-refractivity contribution in [3.05, 3.63) is 35.4 Å². The van der Waals surface area contributed by atoms with Crippen molar-refractivity contribution in [1.82, 2.24) is 24.9 Å². The maximum Gasteiger partial charge on any atom is 0.269 e. The number of nitrogens with two attached hydrogens (primary N) is 1. The Morgan fingerprint density at radius 3 is 2.68 bits per heavy atom. The first-order chi connectivity index (χ1) is 16.5. The van der Waals surface area contributed by atoms with Crippen LogP contribution in [-0.2, 0) is 0 Å². The average Bonchev–Trinajstić information content (AvgIpc) is 3.62. The topological polar surface area (TPSA) is 119 Å². The number of primary amides is 1. The normalized spacial score (nSPS) is 19.9. The third kappa shape index (κ3) is 4.52. The highest BCUT2D eigenvalue weighted by atomic mass is 19.1. The lowest BCUT2D eigenvalue weighted by atomic mass is 10.1. The van der Waals surface area contributed by atoms with Gasteiger partial charge in [0.1, 0.15) is 23.3 Å². The highest BCUT2D eigenvalue weighted by molar-refractivity contribution is 5.98. The quantitative estimate of drug-likeness (QED) is 0.503. The number of carbonyl (C=O) groups excluding carboxylic acids is 1. The number of carbonyl (C=O) groups is 1. The van der Waals surface area contributed by atoms with Crippen LogP contribution in [0.2, 0.25) is 0 Å². The molecule has 5 rings (SSSR count). The molecule has 182 valence electrons. The molecule has 3 aromatic heterocycles. The number of halogens is 2. The van der Waals surface area contributed by atoms with Crippen LogP contribution in [0.4, 0.5) is 14.6 Å². The molecule has 0 bridgehead atoms. The predicted molar refractivity (Wildman–Crippen MR) is 124 cm³/mol. The van der Waals surface area contributed by atoms with Gasteiger partial charge in [0.2, 0.25) is 0 Å². The van der Waals surface area contributed by atoms with E-state index in [4.69, 9.17) is 10.5 Å². The summed E-state index contributed by atoms with van der Waals surface area (Å²) in [5.74, 6) is -0.658. The number of piperidine rings is 1. The van der Waals surface area contributed by atoms with Gasteiger partial charge in [0, 0.05) is 18.5 Å². The minimum atomic E-state index is -1.13. The summed E-state index contributed by atoms with van der Waals surface area (Å²) in [6.07, 6.45) is 1.18. The molecule has 2 unspecified atom stereocenters. The Morgan fingerprint density at radius 2 is 2.03 bits per heavy atom. The monoisotopic (exact) mass is 473 g/mol. The molecule has 0 aromatic carbocycles. The van der Waals surface area contributed by atoms with E-state index in [0.29, 0.717) is 30.9 Å². The molecule has 1 saturated carbocycles. The molecule has 1 aliphatic carbocycles. The SMILES string of the molecule is CC.COc1cc2nc(C(N)=O)c(-c3ccc(F)c(NC4CNCCC4F)n3)n2nc1C1CC1. The molecular weight excluding hydrogens is 444 g/mol. The zero-order chi connectivity index (χ0) is 24.4. The second kappa shape index (κ2) is 9.88. The van der Waals surface area contributed by atoms with Gasteiger partial charge in [0.05, 0.1) is 18.8 Å². The Balaban J connectivity index is 0.00000133. The standard InChI is InChI=1S/C21H23F2N7O2.C2H6/c1-32-15-8-16-28-18(20(24)31)19(30(16)29-17(15)10-2-3-10)13-5-4-12(23)21(26-13)27-14-9-25-7-6-11(14)22;1-2/h4-5,8,10-11,14,25H,2-3,6-7,9H2,1H3,(H2,24,31)(H,26,27);1-2H3. The van der Waals surface area contributed by atoms with Crippen molar-refractivity contribution in [2.75, 3.05) is 25.5 Å². The van der Waals surface area contributed by atoms with Gasteiger partial charge in [-0.2, -0.15) is 5.10 Å². The largest absolute Gasteiger partial charge is 0.495 e. The summed E-state index contributed by atoms with van der Waals surface area (Å²) in [6, 6.07) is 3.71. The number of methoxy groups -OCH3 is 1. The molecule has 3 aromatic rings. The lowest BCUT2D eigenvalue weighted by Gasteiger charge is -2.28. The molecule has 9 nitrogen and oxygen atoms in total. The lowest BCUT2D eigenvalue weighted by Crippen LogP contribution is -2.46. The van der Waals surface area contributed by atoms with E-state index in [1.54, 1.807) is 13.2 Å². The fourth-order valence-electron chi connectivity index (χ4n) is 4.00. The van der Waals surface area contributed by atoms with Crippen LogP contribution in [0, 0.1) is 5.82 Å². The van der Waals surface area contributed by atoms with Crippen molar-refractivity contribution < 1.29 is 18.3 Å². The predicted octanol–water partition coefficient (Wildman–Crippen LogP) is 3.05. The van der Waals surface area contributed by atoms with Gasteiger partial charge in [0.15, 0.2) is 23.0 Å². The van der Waals surface area contributed by atoms with Crippen LogP contribution >= 0.6 is 0 Å². The zero-order valence-electron chi connectivity index (χ0n) is 19.4. The van der Waals surface area contributed by atoms with Crippen molar-refractivity contribution in [3.63, 3.8) is 0 Å². The highest BCUT2D eigenvalue weighted by Gasteiger charge is 2.31. The number of ether oxygens (including phenoxy) is 1. The number of imidazole rings is 1. The van der Waals surface area contributed by atoms with Crippen molar-refractivity contribution in [2.24, 2.45) is 5.73 Å². The van der Waals surface area contributed by atoms with Crippen LogP contribution in [0.25, 0.3) is 17.0 Å². The van der Waals surface area contributed by atoms with Gasteiger partial charge in [-0.15, -0.1) is 0 Å². The average molecular weight is 474 g/mol. The van der Waals surface area contributed by atoms with E-state index < -0.39 is 23.9 Å². The van der Waals surface area contributed by atoms with Crippen molar-refractivity contribution in [2.45, 2.75) is 51.2 Å². The van der Waals surface area contributed by atoms with Gasteiger partial charge in [-0.1, -0.05) is 13.8 Å². The molecular formula is C23H29F2N7O2. The van der Waals surface area contributed by atoms with E-state index >= 15 is 0 Å². The number of alkyl halides is 1. The second-order valence-electron chi connectivity index (χ2n) is 8.10. The van der Waals surface area contributed by atoms with Crippen LogP contribution in [0.3, 0.4) is 0 Å². The van der Waals surface area contributed by atoms with Gasteiger partial charge >= 0.3 is 0 Å². The van der Waals surface area contributed by atoms with Crippen LogP contribution in [0.1, 0.15) is 55.2 Å². The van der Waals surface area contributed by atoms with Crippen LogP contribution < -0.4 is 21.1 Å². The smallest absolute Gasteiger partial charge is 0.269 e. The van der Waals surface area contributed by atoms with Gasteiger partial charge < -0.3 is 21.1 Å². The number of nitrogens with one attached hydrogen (secondary N) is 2. The molecule has 34 heavy (non-hydrogen) atoms. The molecule has 2 atom stereocenters. The van der Waals surface area contributed by atoms with Crippen LogP contribution in [-0.4, -0.2) is 57.9 Å². The number of aromatic nitrogens is 4. The van der Waals surface area contributed by atoms with E-state index in [2.05, 4.69) is 25.7 Å². The van der Waals surface area contributed by atoms with E-state index in [1.165, 1.54) is 16.6 Å². The van der Waals surface area contributed by atoms with E-state index in [1.807, 2.05) is 13.8 Å². The van der Waals surface area contributed by atoms with E-state index in [0.717, 1.165) is 18.5 Å². The number of anilines is 1. The summed E-state index contributed by atoms with van der Waals surface area (Å²) in [5, 5.41) is 10.6. The Labute approximate surface area is 196 Å². The minimum Gasteiger partial charge on any atom is -0.495 e. The number of fused-ring (bicyclic) bond motifs is 1. The summed E-state index contributed by atoms with van der Waals surface area (Å²) in [7, 11) is 1.55. The second-order valence-corrected chi connectivity index (χ2v) is 8.10. The van der Waals surface area contributed by atoms with Gasteiger partial charge in [0.25, 0.3) is 5.91 Å². The molecule has 11 heteroatoms. The fraction of sp³-hybridized carbons (Fsp3) is 0.478. The Kier molecular flexibility index (Phi) is 6.92. The number of hydrogen-bond donors (Lipinski definition) is 3. The summed E-state index contributed by atoms with van der Waals surface area (Å²) in [5.41, 5.74) is 7.15. The molecule has 4 heterocycles. The highest BCUT2D eigenvalue weighted by Crippen LogP contribution is 2.43. The molecule has 4 N–H and O–H groups in total. The third-order valence-corrected chi connectivity index (χ3v) is 5.83. The number of pyridine rings is 1. The molecule has 1 aliphatic heterocycles. The zero-order valence-corrected chi connectivity index (χ0v) is 19.4. The molecule has 1 amide bonds. The third-order valence-electron chi connectivity index (χ3n) is 5.83. The van der Waals surface area contributed by atoms with Crippen molar-refractivity contribution in [1.29, 1.82) is 0 Å². The van der Waals surface area contributed by atoms with Crippen molar-refractivity contribution >= 4 is 17.4 Å². The van der Waals surface area contributed by atoms with E-state index in [-0.39, 0.29) is 28.8 Å². The molecule has 1 saturated heterocycles. The Bertz CT molecular complexity index is 1200. The summed E-state index contributed by atoms with van der Waals surface area (Å²) in [6.45, 7) is 4.91. The maximum absolute atomic E-state index is 14.5. The summed E-state index contributed by atoms with van der Waals surface area (Å²) < 4.78 is 35.7. The summed E-state index contributed by atoms with van der Waals surface area (Å²) in [4.78, 5) is 20.8. The van der Waals surface area contributed by atoms with E-state index in [9.17, 15) is 13.6 Å². The first-order valence-corrected chi connectivity index (χ1v) is 11.5.